The average Bonchev–Trinajstić information content (AvgIpc) is 3.48. The number of ether oxygens (including phenoxy) is 1. The van der Waals surface area contributed by atoms with Gasteiger partial charge < -0.3 is 14.2 Å². The number of nitrogens with zero attached hydrogens (tertiary/aromatic N) is 2. The monoisotopic (exact) mass is 635 g/mol. The van der Waals surface area contributed by atoms with Gasteiger partial charge in [0.05, 0.1) is 12.3 Å². The van der Waals surface area contributed by atoms with Crippen LogP contribution in [0, 0.1) is 17.8 Å². The van der Waals surface area contributed by atoms with Crippen molar-refractivity contribution in [2.75, 3.05) is 30.3 Å². The van der Waals surface area contributed by atoms with Crippen molar-refractivity contribution in [1.82, 2.24) is 5.16 Å². The first kappa shape index (κ1) is 35.4. The number of allylic oxidation sites excluding steroid dienone is 2. The van der Waals surface area contributed by atoms with Crippen molar-refractivity contribution in [3.8, 4) is 5.75 Å². The first-order chi connectivity index (χ1) is 22.1. The van der Waals surface area contributed by atoms with E-state index in [0.29, 0.717) is 24.0 Å². The minimum atomic E-state index is -0.291. The summed E-state index contributed by atoms with van der Waals surface area (Å²) >= 11 is 4.67. The Morgan fingerprint density at radius 3 is 2.47 bits per heavy atom. The minimum absolute atomic E-state index is 0.291. The number of rotatable bonds is 21. The third-order valence-corrected chi connectivity index (χ3v) is 9.84. The minimum Gasteiger partial charge on any atom is -0.492 e. The second-order valence-electron chi connectivity index (χ2n) is 12.9. The molecule has 1 fully saturated rings. The molecule has 0 N–H and O–H groups in total. The molecule has 1 atom stereocenters. The highest BCUT2D eigenvalue weighted by molar-refractivity contribution is 7.80. The SMILES string of the molecule is CCCCCCCC/C=C\CCCCCC(CS)COc1[c]ccc(N2CCC(c3noc4cc(F)ccc34)CC2)c1CCC. The highest BCUT2D eigenvalue weighted by atomic mass is 32.1. The molecule has 3 aromatic rings. The summed E-state index contributed by atoms with van der Waals surface area (Å²) in [6, 6.07) is 12.4. The Kier molecular flexibility index (Phi) is 15.7. The summed E-state index contributed by atoms with van der Waals surface area (Å²) in [5.41, 5.74) is 4.03. The lowest BCUT2D eigenvalue weighted by atomic mass is 9.91. The van der Waals surface area contributed by atoms with Gasteiger partial charge in [-0.1, -0.05) is 82.5 Å². The zero-order chi connectivity index (χ0) is 31.7. The van der Waals surface area contributed by atoms with Gasteiger partial charge in [0.25, 0.3) is 0 Å². The number of piperidine rings is 1. The molecule has 0 aliphatic carbocycles. The number of unbranched alkanes of at least 4 members (excludes halogenated alkanes) is 9. The summed E-state index contributed by atoms with van der Waals surface area (Å²) < 4.78 is 25.6. The van der Waals surface area contributed by atoms with Gasteiger partial charge in [-0.3, -0.25) is 0 Å². The van der Waals surface area contributed by atoms with E-state index in [4.69, 9.17) is 9.26 Å². The number of fused-ring (bicyclic) bond motifs is 1. The summed E-state index contributed by atoms with van der Waals surface area (Å²) in [4.78, 5) is 2.49. The normalized spacial score (nSPS) is 15.0. The Morgan fingerprint density at radius 1 is 1.00 bits per heavy atom. The van der Waals surface area contributed by atoms with E-state index in [1.54, 1.807) is 6.07 Å². The van der Waals surface area contributed by atoms with Gasteiger partial charge in [0.15, 0.2) is 5.58 Å². The summed E-state index contributed by atoms with van der Waals surface area (Å²) in [7, 11) is 0. The molecule has 1 unspecified atom stereocenters. The van der Waals surface area contributed by atoms with E-state index >= 15 is 0 Å². The molecule has 1 aromatic heterocycles. The van der Waals surface area contributed by atoms with Crippen molar-refractivity contribution in [3.05, 3.63) is 65.6 Å². The maximum absolute atomic E-state index is 13.6. The Labute approximate surface area is 277 Å². The van der Waals surface area contributed by atoms with E-state index in [0.717, 1.165) is 67.8 Å². The largest absolute Gasteiger partial charge is 0.492 e. The van der Waals surface area contributed by atoms with Crippen molar-refractivity contribution in [2.45, 2.75) is 122 Å². The molecular formula is C39H56FN2O2S. The molecule has 0 spiro atoms. The van der Waals surface area contributed by atoms with Gasteiger partial charge >= 0.3 is 0 Å². The maximum Gasteiger partial charge on any atom is 0.170 e. The number of thiol groups is 1. The van der Waals surface area contributed by atoms with Gasteiger partial charge in [-0.2, -0.15) is 12.6 Å². The van der Waals surface area contributed by atoms with Crippen molar-refractivity contribution in [2.24, 2.45) is 5.92 Å². The smallest absolute Gasteiger partial charge is 0.170 e. The lowest BCUT2D eigenvalue weighted by Gasteiger charge is -2.34. The second-order valence-corrected chi connectivity index (χ2v) is 13.3. The zero-order valence-corrected chi connectivity index (χ0v) is 28.8. The predicted molar refractivity (Wildman–Crippen MR) is 190 cm³/mol. The fourth-order valence-electron chi connectivity index (χ4n) is 6.61. The van der Waals surface area contributed by atoms with Crippen LogP contribution < -0.4 is 9.64 Å². The van der Waals surface area contributed by atoms with Crippen LogP contribution in [0.2, 0.25) is 0 Å². The average molecular weight is 636 g/mol. The molecule has 2 heterocycles. The van der Waals surface area contributed by atoms with E-state index < -0.39 is 0 Å². The number of anilines is 1. The van der Waals surface area contributed by atoms with E-state index in [2.05, 4.69) is 60.8 Å². The van der Waals surface area contributed by atoms with Crippen molar-refractivity contribution >= 4 is 29.3 Å². The quantitative estimate of drug-likeness (QED) is 0.0718. The Hall–Kier alpha value is -2.47. The molecule has 0 amide bonds. The van der Waals surface area contributed by atoms with Gasteiger partial charge in [-0.05, 0) is 81.4 Å². The van der Waals surface area contributed by atoms with Crippen LogP contribution in [0.15, 0.2) is 47.0 Å². The van der Waals surface area contributed by atoms with Gasteiger partial charge in [0, 0.05) is 53.7 Å². The van der Waals surface area contributed by atoms with Crippen molar-refractivity contribution in [1.29, 1.82) is 0 Å². The molecule has 0 bridgehead atoms. The topological polar surface area (TPSA) is 38.5 Å². The van der Waals surface area contributed by atoms with Crippen LogP contribution in [-0.2, 0) is 6.42 Å². The van der Waals surface area contributed by atoms with Gasteiger partial charge in [0.2, 0.25) is 0 Å². The summed E-state index contributed by atoms with van der Waals surface area (Å²) in [6.45, 7) is 7.08. The van der Waals surface area contributed by atoms with Crippen LogP contribution in [0.3, 0.4) is 0 Å². The van der Waals surface area contributed by atoms with Crippen LogP contribution in [0.4, 0.5) is 10.1 Å². The molecule has 1 aliphatic heterocycles. The summed E-state index contributed by atoms with van der Waals surface area (Å²) in [6.07, 6.45) is 24.4. The molecule has 1 radical (unpaired) electrons. The van der Waals surface area contributed by atoms with E-state index in [-0.39, 0.29) is 5.82 Å². The molecule has 4 nitrogen and oxygen atoms in total. The Morgan fingerprint density at radius 2 is 1.73 bits per heavy atom. The van der Waals surface area contributed by atoms with Gasteiger partial charge in [-0.15, -0.1) is 0 Å². The van der Waals surface area contributed by atoms with Crippen LogP contribution in [0.1, 0.15) is 127 Å². The maximum atomic E-state index is 13.6. The van der Waals surface area contributed by atoms with Crippen LogP contribution in [0.25, 0.3) is 11.0 Å². The van der Waals surface area contributed by atoms with Crippen molar-refractivity contribution in [3.63, 3.8) is 0 Å². The molecule has 247 valence electrons. The lowest BCUT2D eigenvalue weighted by Crippen LogP contribution is -2.33. The molecule has 2 aromatic carbocycles. The molecule has 0 saturated carbocycles. The summed E-state index contributed by atoms with van der Waals surface area (Å²) in [5, 5.41) is 5.26. The van der Waals surface area contributed by atoms with Crippen molar-refractivity contribution < 1.29 is 13.7 Å². The third-order valence-electron chi connectivity index (χ3n) is 9.32. The molecule has 6 heteroatoms. The highest BCUT2D eigenvalue weighted by Crippen LogP contribution is 2.37. The first-order valence-corrected chi connectivity index (χ1v) is 18.5. The number of aromatic nitrogens is 1. The second kappa shape index (κ2) is 19.9. The van der Waals surface area contributed by atoms with E-state index in [9.17, 15) is 4.39 Å². The predicted octanol–water partition coefficient (Wildman–Crippen LogP) is 11.3. The molecule has 1 aliphatic rings. The fraction of sp³-hybridized carbons (Fsp3) is 0.615. The number of hydrogen-bond donors (Lipinski definition) is 1. The Bertz CT molecular complexity index is 1280. The molecule has 45 heavy (non-hydrogen) atoms. The first-order valence-electron chi connectivity index (χ1n) is 17.9. The Balaban J connectivity index is 1.20. The van der Waals surface area contributed by atoms with Crippen LogP contribution in [-0.4, -0.2) is 30.6 Å². The fourth-order valence-corrected chi connectivity index (χ4v) is 6.90. The van der Waals surface area contributed by atoms with Crippen LogP contribution in [0.5, 0.6) is 5.75 Å². The number of hydrogen-bond acceptors (Lipinski definition) is 5. The molecule has 1 saturated heterocycles. The lowest BCUT2D eigenvalue weighted by molar-refractivity contribution is 0.249. The standard InChI is InChI=1S/C39H56FN2O2S/c1-3-5-6-7-8-9-10-11-12-13-14-15-16-19-31(30-45)29-43-37-21-17-20-36(34(37)18-4-2)42-26-24-32(25-27-42)39-35-23-22-33(40)28-38(35)44-41-39/h11-12,17,20,22-23,28,31-32,45H,3-10,13-16,18-19,24-27,29-30H2,1-2H3/b12-11-. The molecule has 4 rings (SSSR count). The zero-order valence-electron chi connectivity index (χ0n) is 27.9. The third kappa shape index (κ3) is 11.1. The summed E-state index contributed by atoms with van der Waals surface area (Å²) in [5.74, 6) is 2.22. The van der Waals surface area contributed by atoms with Gasteiger partial charge in [-0.25, -0.2) is 4.39 Å². The number of benzene rings is 2. The molecular weight excluding hydrogens is 580 g/mol. The van der Waals surface area contributed by atoms with Gasteiger partial charge in [0.1, 0.15) is 11.6 Å². The van der Waals surface area contributed by atoms with E-state index in [1.165, 1.54) is 94.0 Å². The van der Waals surface area contributed by atoms with Crippen LogP contribution >= 0.6 is 12.6 Å². The van der Waals surface area contributed by atoms with E-state index in [1.807, 2.05) is 6.07 Å². The number of halogens is 1. The highest BCUT2D eigenvalue weighted by Gasteiger charge is 2.27.